The van der Waals surface area contributed by atoms with Gasteiger partial charge in [0, 0.05) is 19.1 Å². The highest BCUT2D eigenvalue weighted by atomic mass is 16.5. The molecule has 0 unspecified atom stereocenters. The smallest absolute Gasteiger partial charge is 0.0578 e. The highest BCUT2D eigenvalue weighted by Gasteiger charge is 2.19. The van der Waals surface area contributed by atoms with Crippen molar-refractivity contribution in [3.05, 3.63) is 0 Å². The van der Waals surface area contributed by atoms with Gasteiger partial charge in [0.15, 0.2) is 0 Å². The minimum Gasteiger partial charge on any atom is -0.381 e. The summed E-state index contributed by atoms with van der Waals surface area (Å²) >= 11 is 0. The van der Waals surface area contributed by atoms with Crippen LogP contribution in [0.5, 0.6) is 0 Å². The largest absolute Gasteiger partial charge is 0.381 e. The van der Waals surface area contributed by atoms with E-state index in [9.17, 15) is 0 Å². The summed E-state index contributed by atoms with van der Waals surface area (Å²) in [6.07, 6.45) is 21.8. The van der Waals surface area contributed by atoms with E-state index < -0.39 is 0 Å². The van der Waals surface area contributed by atoms with Gasteiger partial charge in [0.1, 0.15) is 0 Å². The van der Waals surface area contributed by atoms with Crippen LogP contribution in [-0.2, 0) is 23.7 Å². The normalized spacial score (nSPS) is 20.7. The van der Waals surface area contributed by atoms with Crippen molar-refractivity contribution in [2.75, 3.05) is 33.0 Å². The molecule has 0 atom stereocenters. The molecule has 1 heterocycles. The first-order chi connectivity index (χ1) is 19.2. The van der Waals surface area contributed by atoms with Crippen molar-refractivity contribution in [1.29, 1.82) is 0 Å². The van der Waals surface area contributed by atoms with Crippen LogP contribution in [0.3, 0.4) is 0 Å². The lowest BCUT2D eigenvalue weighted by molar-refractivity contribution is -0.0817. The van der Waals surface area contributed by atoms with Crippen LogP contribution in [0, 0.1) is 17.8 Å². The van der Waals surface area contributed by atoms with Crippen molar-refractivity contribution >= 4 is 0 Å². The zero-order valence-electron chi connectivity index (χ0n) is 28.1. The van der Waals surface area contributed by atoms with Crippen molar-refractivity contribution in [2.45, 2.75) is 176 Å². The van der Waals surface area contributed by atoms with Gasteiger partial charge in [-0.15, -0.1) is 0 Å². The summed E-state index contributed by atoms with van der Waals surface area (Å²) in [5, 5.41) is 0. The fraction of sp³-hybridized carbons (Fsp3) is 1.00. The average Bonchev–Trinajstić information content (AvgIpc) is 2.86. The highest BCUT2D eigenvalue weighted by molar-refractivity contribution is 4.69. The zero-order valence-corrected chi connectivity index (χ0v) is 28.1. The Bertz CT molecular complexity index is 530. The van der Waals surface area contributed by atoms with Crippen LogP contribution >= 0.6 is 0 Å². The molecule has 1 saturated heterocycles. The second kappa shape index (κ2) is 24.3. The van der Waals surface area contributed by atoms with Crippen molar-refractivity contribution in [3.8, 4) is 0 Å². The van der Waals surface area contributed by atoms with Gasteiger partial charge in [-0.1, -0.05) is 51.4 Å². The molecule has 0 N–H and O–H groups in total. The molecular formula is C35H70O5. The van der Waals surface area contributed by atoms with Gasteiger partial charge in [-0.05, 0) is 106 Å². The molecule has 5 heteroatoms. The molecule has 4 rings (SSSR count). The van der Waals surface area contributed by atoms with Crippen molar-refractivity contribution in [3.63, 3.8) is 0 Å². The van der Waals surface area contributed by atoms with E-state index in [0.717, 1.165) is 44.9 Å². The molecule has 0 spiro atoms. The Labute approximate surface area is 250 Å². The number of hydrogen-bond acceptors (Lipinski definition) is 5. The molecular weight excluding hydrogens is 500 g/mol. The summed E-state index contributed by atoms with van der Waals surface area (Å²) in [6.45, 7) is 21.4. The first-order valence-corrected chi connectivity index (χ1v) is 17.2. The van der Waals surface area contributed by atoms with Crippen LogP contribution in [0.15, 0.2) is 0 Å². The van der Waals surface area contributed by atoms with Crippen LogP contribution < -0.4 is 0 Å². The number of hydrogen-bond donors (Lipinski definition) is 0. The quantitative estimate of drug-likeness (QED) is 0.234. The van der Waals surface area contributed by atoms with E-state index in [0.29, 0.717) is 36.4 Å². The van der Waals surface area contributed by atoms with E-state index in [-0.39, 0.29) is 0 Å². The molecule has 40 heavy (non-hydrogen) atoms. The molecule has 4 aliphatic rings. The van der Waals surface area contributed by atoms with Gasteiger partial charge in [0.05, 0.1) is 50.3 Å². The third kappa shape index (κ3) is 22.4. The lowest BCUT2D eigenvalue weighted by atomic mass is 9.87. The molecule has 3 aliphatic carbocycles. The van der Waals surface area contributed by atoms with Crippen molar-refractivity contribution in [1.82, 2.24) is 0 Å². The molecule has 240 valence electrons. The summed E-state index contributed by atoms with van der Waals surface area (Å²) in [5.74, 6) is 2.51. The van der Waals surface area contributed by atoms with Crippen LogP contribution in [-0.4, -0.2) is 63.6 Å². The predicted octanol–water partition coefficient (Wildman–Crippen LogP) is 9.40. The maximum absolute atomic E-state index is 5.58. The van der Waals surface area contributed by atoms with Gasteiger partial charge in [-0.2, -0.15) is 0 Å². The van der Waals surface area contributed by atoms with Crippen molar-refractivity contribution < 1.29 is 23.7 Å². The van der Waals surface area contributed by atoms with Gasteiger partial charge in [0.2, 0.25) is 0 Å². The lowest BCUT2D eigenvalue weighted by Gasteiger charge is -2.27. The summed E-state index contributed by atoms with van der Waals surface area (Å²) in [4.78, 5) is 0. The van der Waals surface area contributed by atoms with Gasteiger partial charge < -0.3 is 23.7 Å². The Morgan fingerprint density at radius 1 is 0.500 bits per heavy atom. The number of ether oxygens (including phenoxy) is 5. The van der Waals surface area contributed by atoms with E-state index in [1.165, 1.54) is 89.9 Å². The zero-order chi connectivity index (χ0) is 29.6. The minimum atomic E-state index is 0.366. The molecule has 0 aromatic heterocycles. The molecule has 4 fully saturated rings. The summed E-state index contributed by atoms with van der Waals surface area (Å²) in [5.41, 5.74) is 0. The van der Waals surface area contributed by atoms with Gasteiger partial charge in [-0.25, -0.2) is 0 Å². The van der Waals surface area contributed by atoms with E-state index >= 15 is 0 Å². The average molecular weight is 571 g/mol. The molecule has 3 saturated carbocycles. The fourth-order valence-corrected chi connectivity index (χ4v) is 5.23. The second-order valence-electron chi connectivity index (χ2n) is 13.6. The Kier molecular flexibility index (Phi) is 22.9. The standard InChI is InChI=1S/C11H22O.C10H20O.C7H14O2.C7H14O/c1-10(2)12-9-8-11-6-4-3-5-7-11;1-9(2)11-8-10-6-4-3-5-7-10;1-6(2)9-5-7-3-8-4-7;1-6(2)8-7-4-3-5-7/h10-11H,3-9H2,1-2H3;9-10H,3-8H2,1-2H3;6-7H,3-5H2,1-2H3;6-7H,3-5H2,1-2H3. The first-order valence-electron chi connectivity index (χ1n) is 17.2. The second-order valence-corrected chi connectivity index (χ2v) is 13.6. The molecule has 1 aliphatic heterocycles. The summed E-state index contributed by atoms with van der Waals surface area (Å²) < 4.78 is 27.0. The molecule has 0 amide bonds. The van der Waals surface area contributed by atoms with Gasteiger partial charge >= 0.3 is 0 Å². The van der Waals surface area contributed by atoms with Gasteiger partial charge in [0.25, 0.3) is 0 Å². The molecule has 5 nitrogen and oxygen atoms in total. The summed E-state index contributed by atoms with van der Waals surface area (Å²) in [6, 6.07) is 0. The lowest BCUT2D eigenvalue weighted by Crippen LogP contribution is -2.32. The highest BCUT2D eigenvalue weighted by Crippen LogP contribution is 2.26. The monoisotopic (exact) mass is 571 g/mol. The van der Waals surface area contributed by atoms with Crippen LogP contribution in [0.2, 0.25) is 0 Å². The van der Waals surface area contributed by atoms with E-state index in [2.05, 4.69) is 55.4 Å². The van der Waals surface area contributed by atoms with Crippen LogP contribution in [0.25, 0.3) is 0 Å². The molecule has 0 aromatic rings. The van der Waals surface area contributed by atoms with Crippen LogP contribution in [0.1, 0.15) is 145 Å². The maximum atomic E-state index is 5.58. The minimum absolute atomic E-state index is 0.366. The van der Waals surface area contributed by atoms with Crippen molar-refractivity contribution in [2.24, 2.45) is 17.8 Å². The Morgan fingerprint density at radius 2 is 0.975 bits per heavy atom. The molecule has 0 radical (unpaired) electrons. The number of rotatable bonds is 12. The summed E-state index contributed by atoms with van der Waals surface area (Å²) in [7, 11) is 0. The third-order valence-electron chi connectivity index (χ3n) is 7.98. The maximum Gasteiger partial charge on any atom is 0.0578 e. The fourth-order valence-electron chi connectivity index (χ4n) is 5.23. The first kappa shape index (κ1) is 37.8. The predicted molar refractivity (Wildman–Crippen MR) is 169 cm³/mol. The molecule has 0 aromatic carbocycles. The van der Waals surface area contributed by atoms with E-state index in [4.69, 9.17) is 23.7 Å². The SMILES string of the molecule is CC(C)OC1CCC1.CC(C)OCC1CCCCC1.CC(C)OCC1COC1.CC(C)OCCC1CCCCC1. The van der Waals surface area contributed by atoms with Crippen LogP contribution in [0.4, 0.5) is 0 Å². The Balaban J connectivity index is 0.000000270. The third-order valence-corrected chi connectivity index (χ3v) is 7.98. The Morgan fingerprint density at radius 3 is 1.32 bits per heavy atom. The topological polar surface area (TPSA) is 46.2 Å². The Hall–Kier alpha value is -0.200. The van der Waals surface area contributed by atoms with E-state index in [1.807, 2.05) is 0 Å². The molecule has 0 bridgehead atoms. The van der Waals surface area contributed by atoms with E-state index in [1.54, 1.807) is 0 Å². The van der Waals surface area contributed by atoms with Gasteiger partial charge in [-0.3, -0.25) is 0 Å².